The van der Waals surface area contributed by atoms with E-state index in [9.17, 15) is 18.8 Å². The fourth-order valence-electron chi connectivity index (χ4n) is 3.32. The number of anilines is 1. The average Bonchev–Trinajstić information content (AvgIpc) is 2.78. The van der Waals surface area contributed by atoms with Gasteiger partial charge in [0.15, 0.2) is 0 Å². The van der Waals surface area contributed by atoms with Crippen molar-refractivity contribution in [2.45, 2.75) is 13.5 Å². The summed E-state index contributed by atoms with van der Waals surface area (Å²) in [6.07, 6.45) is 1.40. The predicted molar refractivity (Wildman–Crippen MR) is 117 cm³/mol. The number of ether oxygens (including phenoxy) is 1. The van der Waals surface area contributed by atoms with Gasteiger partial charge in [0, 0.05) is 5.56 Å². The number of urea groups is 1. The first-order valence-corrected chi connectivity index (χ1v) is 9.87. The third kappa shape index (κ3) is 4.27. The molecule has 0 radical (unpaired) electrons. The van der Waals surface area contributed by atoms with Crippen LogP contribution in [0.3, 0.4) is 0 Å². The molecule has 0 saturated carbocycles. The van der Waals surface area contributed by atoms with Crippen molar-refractivity contribution in [2.75, 3.05) is 4.90 Å². The van der Waals surface area contributed by atoms with Gasteiger partial charge >= 0.3 is 6.03 Å². The van der Waals surface area contributed by atoms with Gasteiger partial charge in [0.2, 0.25) is 0 Å². The van der Waals surface area contributed by atoms with Gasteiger partial charge in [0.1, 0.15) is 23.7 Å². The summed E-state index contributed by atoms with van der Waals surface area (Å²) in [6, 6.07) is 18.9. The Morgan fingerprint density at radius 2 is 1.62 bits per heavy atom. The van der Waals surface area contributed by atoms with E-state index in [1.54, 1.807) is 67.6 Å². The minimum atomic E-state index is -0.799. The molecule has 1 aliphatic heterocycles. The van der Waals surface area contributed by atoms with Gasteiger partial charge in [-0.25, -0.2) is 14.1 Å². The van der Waals surface area contributed by atoms with Gasteiger partial charge in [-0.05, 0) is 48.4 Å². The molecule has 160 valence electrons. The number of para-hydroxylation sites is 2. The predicted octanol–water partition coefficient (Wildman–Crippen LogP) is 4.38. The van der Waals surface area contributed by atoms with E-state index in [0.717, 1.165) is 10.5 Å². The lowest BCUT2D eigenvalue weighted by atomic mass is 10.1. The maximum Gasteiger partial charge on any atom is 0.335 e. The molecule has 0 aliphatic carbocycles. The lowest BCUT2D eigenvalue weighted by molar-refractivity contribution is -0.122. The van der Waals surface area contributed by atoms with Crippen molar-refractivity contribution in [1.82, 2.24) is 5.32 Å². The fraction of sp³-hybridized carbons (Fsp3) is 0.0800. The largest absolute Gasteiger partial charge is 0.488 e. The molecule has 1 saturated heterocycles. The molecule has 32 heavy (non-hydrogen) atoms. The standard InChI is InChI=1S/C25H19FN2O4/c1-16-6-2-4-8-21(16)28-24(30)20(23(29)27-25(28)31)14-18-7-3-5-9-22(18)32-15-17-10-12-19(26)13-11-17/h2-14H,15H2,1H3,(H,27,29,31)/b20-14+. The van der Waals surface area contributed by atoms with Gasteiger partial charge in [-0.1, -0.05) is 48.5 Å². The summed E-state index contributed by atoms with van der Waals surface area (Å²) in [5.41, 5.74) is 2.18. The van der Waals surface area contributed by atoms with Crippen molar-refractivity contribution < 1.29 is 23.5 Å². The van der Waals surface area contributed by atoms with Crippen molar-refractivity contribution >= 4 is 29.6 Å². The minimum Gasteiger partial charge on any atom is -0.488 e. The van der Waals surface area contributed by atoms with Crippen LogP contribution in [0.15, 0.2) is 78.4 Å². The van der Waals surface area contributed by atoms with Crippen LogP contribution >= 0.6 is 0 Å². The number of rotatable bonds is 5. The van der Waals surface area contributed by atoms with Crippen LogP contribution in [0.25, 0.3) is 6.08 Å². The highest BCUT2D eigenvalue weighted by atomic mass is 19.1. The van der Waals surface area contributed by atoms with Gasteiger partial charge in [-0.3, -0.25) is 14.9 Å². The number of carbonyl (C=O) groups is 3. The van der Waals surface area contributed by atoms with E-state index >= 15 is 0 Å². The van der Waals surface area contributed by atoms with E-state index in [2.05, 4.69) is 5.32 Å². The maximum atomic E-state index is 13.1. The zero-order chi connectivity index (χ0) is 22.7. The average molecular weight is 430 g/mol. The first-order valence-electron chi connectivity index (χ1n) is 9.87. The number of amides is 4. The molecule has 4 rings (SSSR count). The highest BCUT2D eigenvalue weighted by molar-refractivity contribution is 6.39. The van der Waals surface area contributed by atoms with E-state index in [4.69, 9.17) is 4.74 Å². The number of nitrogens with one attached hydrogen (secondary N) is 1. The van der Waals surface area contributed by atoms with Crippen molar-refractivity contribution in [3.8, 4) is 5.75 Å². The molecule has 1 fully saturated rings. The molecule has 1 N–H and O–H groups in total. The van der Waals surface area contributed by atoms with Crippen LogP contribution in [0.4, 0.5) is 14.9 Å². The molecule has 0 unspecified atom stereocenters. The van der Waals surface area contributed by atoms with Crippen LogP contribution in [0, 0.1) is 12.7 Å². The van der Waals surface area contributed by atoms with E-state index in [1.807, 2.05) is 0 Å². The van der Waals surface area contributed by atoms with Gasteiger partial charge in [0.05, 0.1) is 5.69 Å². The van der Waals surface area contributed by atoms with Crippen LogP contribution in [0.2, 0.25) is 0 Å². The number of nitrogens with zero attached hydrogens (tertiary/aromatic N) is 1. The molecular weight excluding hydrogens is 411 g/mol. The Morgan fingerprint density at radius 1 is 0.938 bits per heavy atom. The smallest absolute Gasteiger partial charge is 0.335 e. The Balaban J connectivity index is 1.64. The van der Waals surface area contributed by atoms with Crippen molar-refractivity contribution in [3.05, 3.63) is 101 Å². The molecule has 1 heterocycles. The van der Waals surface area contributed by atoms with E-state index in [0.29, 0.717) is 22.6 Å². The molecule has 3 aromatic rings. The summed E-state index contributed by atoms with van der Waals surface area (Å²) < 4.78 is 18.9. The normalized spacial score (nSPS) is 15.1. The van der Waals surface area contributed by atoms with Crippen LogP contribution in [0.1, 0.15) is 16.7 Å². The van der Waals surface area contributed by atoms with Gasteiger partial charge in [0.25, 0.3) is 11.8 Å². The van der Waals surface area contributed by atoms with E-state index < -0.39 is 17.8 Å². The topological polar surface area (TPSA) is 75.7 Å². The van der Waals surface area contributed by atoms with Gasteiger partial charge < -0.3 is 4.74 Å². The van der Waals surface area contributed by atoms with Crippen molar-refractivity contribution in [2.24, 2.45) is 0 Å². The SMILES string of the molecule is Cc1ccccc1N1C(=O)NC(=O)/C(=C\c2ccccc2OCc2ccc(F)cc2)C1=O. The third-order valence-electron chi connectivity index (χ3n) is 4.98. The number of halogens is 1. The summed E-state index contributed by atoms with van der Waals surface area (Å²) in [7, 11) is 0. The second-order valence-corrected chi connectivity index (χ2v) is 7.20. The Morgan fingerprint density at radius 3 is 2.38 bits per heavy atom. The molecule has 0 aromatic heterocycles. The molecule has 3 aromatic carbocycles. The molecule has 6 nitrogen and oxygen atoms in total. The summed E-state index contributed by atoms with van der Waals surface area (Å²) in [6.45, 7) is 1.95. The van der Waals surface area contributed by atoms with Crippen LogP contribution in [0.5, 0.6) is 5.75 Å². The number of hydrogen-bond donors (Lipinski definition) is 1. The molecular formula is C25H19FN2O4. The van der Waals surface area contributed by atoms with Gasteiger partial charge in [-0.15, -0.1) is 0 Å². The monoisotopic (exact) mass is 430 g/mol. The summed E-state index contributed by atoms with van der Waals surface area (Å²) in [5, 5.41) is 2.22. The number of benzene rings is 3. The lowest BCUT2D eigenvalue weighted by Gasteiger charge is -2.27. The Kier molecular flexibility index (Phi) is 5.81. The number of aryl methyl sites for hydroxylation is 1. The number of carbonyl (C=O) groups excluding carboxylic acids is 3. The highest BCUT2D eigenvalue weighted by Gasteiger charge is 2.37. The van der Waals surface area contributed by atoms with Crippen LogP contribution < -0.4 is 15.0 Å². The van der Waals surface area contributed by atoms with E-state index in [1.165, 1.54) is 18.2 Å². The molecule has 0 atom stereocenters. The van der Waals surface area contributed by atoms with Gasteiger partial charge in [-0.2, -0.15) is 0 Å². The second-order valence-electron chi connectivity index (χ2n) is 7.20. The second kappa shape index (κ2) is 8.85. The Hall–Kier alpha value is -4.26. The van der Waals surface area contributed by atoms with Crippen LogP contribution in [-0.4, -0.2) is 17.8 Å². The zero-order valence-electron chi connectivity index (χ0n) is 17.2. The van der Waals surface area contributed by atoms with Crippen molar-refractivity contribution in [1.29, 1.82) is 0 Å². The quantitative estimate of drug-likeness (QED) is 0.482. The first kappa shape index (κ1) is 21.0. The summed E-state index contributed by atoms with van der Waals surface area (Å²) in [5.74, 6) is -1.41. The zero-order valence-corrected chi connectivity index (χ0v) is 17.2. The minimum absolute atomic E-state index is 0.175. The molecule has 1 aliphatic rings. The van der Waals surface area contributed by atoms with E-state index in [-0.39, 0.29) is 18.0 Å². The van der Waals surface area contributed by atoms with Crippen LogP contribution in [-0.2, 0) is 16.2 Å². The lowest BCUT2D eigenvalue weighted by Crippen LogP contribution is -2.54. The Bertz CT molecular complexity index is 1230. The number of barbiturate groups is 1. The van der Waals surface area contributed by atoms with Crippen molar-refractivity contribution in [3.63, 3.8) is 0 Å². The number of hydrogen-bond acceptors (Lipinski definition) is 4. The highest BCUT2D eigenvalue weighted by Crippen LogP contribution is 2.27. The Labute approximate surface area is 183 Å². The number of imide groups is 2. The maximum absolute atomic E-state index is 13.1. The third-order valence-corrected chi connectivity index (χ3v) is 4.98. The fourth-order valence-corrected chi connectivity index (χ4v) is 3.32. The molecule has 0 bridgehead atoms. The first-order chi connectivity index (χ1) is 15.4. The summed E-state index contributed by atoms with van der Waals surface area (Å²) >= 11 is 0. The molecule has 7 heteroatoms. The summed E-state index contributed by atoms with van der Waals surface area (Å²) in [4.78, 5) is 39.0. The molecule has 4 amide bonds. The molecule has 0 spiro atoms.